The van der Waals surface area contributed by atoms with Gasteiger partial charge in [0.2, 0.25) is 0 Å². The van der Waals surface area contributed by atoms with Crippen LogP contribution >= 0.6 is 0 Å². The number of rotatable bonds is 9. The summed E-state index contributed by atoms with van der Waals surface area (Å²) in [5.41, 5.74) is 22.2. The molecule has 0 saturated heterocycles. The van der Waals surface area contributed by atoms with Gasteiger partial charge in [-0.05, 0) is 122 Å². The van der Waals surface area contributed by atoms with Crippen molar-refractivity contribution in [1.82, 2.24) is 0 Å². The lowest BCUT2D eigenvalue weighted by Gasteiger charge is -2.42. The highest BCUT2D eigenvalue weighted by molar-refractivity contribution is 5.99. The third-order valence-corrected chi connectivity index (χ3v) is 16.0. The van der Waals surface area contributed by atoms with Gasteiger partial charge in [-0.2, -0.15) is 0 Å². The summed E-state index contributed by atoms with van der Waals surface area (Å²) in [6.45, 7) is 2.31. The van der Waals surface area contributed by atoms with Gasteiger partial charge in [0.1, 0.15) is 0 Å². The van der Waals surface area contributed by atoms with E-state index in [9.17, 15) is 0 Å². The van der Waals surface area contributed by atoms with E-state index in [1.54, 1.807) is 0 Å². The van der Waals surface area contributed by atoms with E-state index in [2.05, 4.69) is 267 Å². The zero-order valence-corrected chi connectivity index (χ0v) is 39.7. The van der Waals surface area contributed by atoms with Crippen LogP contribution in [0.2, 0.25) is 0 Å². The maximum Gasteiger partial charge on any atom is 0.0713 e. The van der Waals surface area contributed by atoms with Gasteiger partial charge in [0.25, 0.3) is 0 Å². The Morgan fingerprint density at radius 3 is 1.69 bits per heavy atom. The SMILES string of the molecule is CC1C=CC(c2cccc(-c3ccccc3)c2N(C2=C3c4ccccc4C(C4=CCCC=C4)(c4ccccc4)C3CC=C2)c2ccc(C3(c4ccccc4)c4ccccc4-c4ccccc43)cc2)=CC1. The molecule has 70 heavy (non-hydrogen) atoms. The number of hydrogen-bond acceptors (Lipinski definition) is 1. The van der Waals surface area contributed by atoms with Crippen molar-refractivity contribution < 1.29 is 0 Å². The molecule has 0 spiro atoms. The molecule has 336 valence electrons. The normalized spacial score (nSPS) is 20.2. The molecule has 8 aromatic carbocycles. The fourth-order valence-electron chi connectivity index (χ4n) is 13.1. The molecule has 0 saturated carbocycles. The Kier molecular flexibility index (Phi) is 10.4. The van der Waals surface area contributed by atoms with Crippen LogP contribution in [0.1, 0.15) is 77.1 Å². The first-order valence-electron chi connectivity index (χ1n) is 25.3. The number of para-hydroxylation sites is 1. The van der Waals surface area contributed by atoms with E-state index in [4.69, 9.17) is 0 Å². The van der Waals surface area contributed by atoms with Gasteiger partial charge in [0, 0.05) is 22.7 Å². The molecular weight excluding hydrogens is 843 g/mol. The zero-order valence-electron chi connectivity index (χ0n) is 39.7. The van der Waals surface area contributed by atoms with Crippen LogP contribution in [-0.2, 0) is 10.8 Å². The van der Waals surface area contributed by atoms with Crippen LogP contribution in [0.3, 0.4) is 0 Å². The van der Waals surface area contributed by atoms with Crippen LogP contribution < -0.4 is 4.90 Å². The molecule has 3 unspecified atom stereocenters. The summed E-state index contributed by atoms with van der Waals surface area (Å²) in [6.07, 6.45) is 23.6. The first-order valence-corrected chi connectivity index (χ1v) is 25.3. The molecule has 8 aromatic rings. The summed E-state index contributed by atoms with van der Waals surface area (Å²) < 4.78 is 0. The second-order valence-electron chi connectivity index (χ2n) is 19.7. The minimum atomic E-state index is -0.502. The Hall–Kier alpha value is -8.00. The second-order valence-corrected chi connectivity index (χ2v) is 19.7. The molecule has 0 heterocycles. The Balaban J connectivity index is 1.11. The largest absolute Gasteiger partial charge is 0.309 e. The van der Waals surface area contributed by atoms with E-state index in [1.165, 1.54) is 94.9 Å². The predicted octanol–water partition coefficient (Wildman–Crippen LogP) is 17.4. The smallest absolute Gasteiger partial charge is 0.0713 e. The molecule has 5 aliphatic rings. The van der Waals surface area contributed by atoms with Crippen molar-refractivity contribution in [3.05, 3.63) is 311 Å². The Morgan fingerprint density at radius 2 is 1.03 bits per heavy atom. The fraction of sp³-hybridized carbons (Fsp3) is 0.130. The van der Waals surface area contributed by atoms with Gasteiger partial charge >= 0.3 is 0 Å². The minimum Gasteiger partial charge on any atom is -0.309 e. The van der Waals surface area contributed by atoms with Crippen LogP contribution in [0.4, 0.5) is 11.4 Å². The lowest BCUT2D eigenvalue weighted by atomic mass is 9.61. The van der Waals surface area contributed by atoms with Gasteiger partial charge in [-0.1, -0.05) is 244 Å². The van der Waals surface area contributed by atoms with Crippen molar-refractivity contribution in [2.75, 3.05) is 4.90 Å². The summed E-state index contributed by atoms with van der Waals surface area (Å²) in [4.78, 5) is 2.65. The molecular formula is C69H55N. The average Bonchev–Trinajstić information content (AvgIpc) is 3.92. The van der Waals surface area contributed by atoms with Crippen molar-refractivity contribution in [2.45, 2.75) is 43.4 Å². The summed E-state index contributed by atoms with van der Waals surface area (Å²) in [5.74, 6) is 0.644. The van der Waals surface area contributed by atoms with Gasteiger partial charge in [-0.25, -0.2) is 0 Å². The summed E-state index contributed by atoms with van der Waals surface area (Å²) in [7, 11) is 0. The van der Waals surface area contributed by atoms with E-state index < -0.39 is 5.41 Å². The highest BCUT2D eigenvalue weighted by Gasteiger charge is 2.54. The van der Waals surface area contributed by atoms with Crippen LogP contribution in [-0.4, -0.2) is 0 Å². The quantitative estimate of drug-likeness (QED) is 0.140. The molecule has 13 rings (SSSR count). The lowest BCUT2D eigenvalue weighted by Crippen LogP contribution is -2.36. The molecule has 5 aliphatic carbocycles. The van der Waals surface area contributed by atoms with Crippen LogP contribution in [0, 0.1) is 11.8 Å². The molecule has 1 nitrogen and oxygen atoms in total. The Labute approximate surface area is 413 Å². The third kappa shape index (κ3) is 6.38. The maximum atomic E-state index is 2.65. The number of hydrogen-bond donors (Lipinski definition) is 0. The molecule has 0 radical (unpaired) electrons. The third-order valence-electron chi connectivity index (χ3n) is 16.0. The van der Waals surface area contributed by atoms with Crippen LogP contribution in [0.25, 0.3) is 33.4 Å². The number of benzene rings is 8. The predicted molar refractivity (Wildman–Crippen MR) is 293 cm³/mol. The first-order chi connectivity index (χ1) is 34.7. The topological polar surface area (TPSA) is 3.24 Å². The second kappa shape index (κ2) is 17.2. The number of allylic oxidation sites excluding steroid dienone is 11. The molecule has 0 aliphatic heterocycles. The molecule has 0 fully saturated rings. The summed E-state index contributed by atoms with van der Waals surface area (Å²) in [6, 6.07) is 77.7. The first kappa shape index (κ1) is 42.1. The fourth-order valence-corrected chi connectivity index (χ4v) is 13.1. The van der Waals surface area contributed by atoms with E-state index >= 15 is 0 Å². The Bertz CT molecular complexity index is 3440. The van der Waals surface area contributed by atoms with Crippen LogP contribution in [0.5, 0.6) is 0 Å². The highest BCUT2D eigenvalue weighted by atomic mass is 15.2. The summed E-state index contributed by atoms with van der Waals surface area (Å²) in [5, 5.41) is 0. The van der Waals surface area contributed by atoms with E-state index in [-0.39, 0.29) is 11.3 Å². The van der Waals surface area contributed by atoms with Gasteiger partial charge in [0.05, 0.1) is 22.2 Å². The van der Waals surface area contributed by atoms with Gasteiger partial charge in [-0.3, -0.25) is 0 Å². The van der Waals surface area contributed by atoms with Crippen molar-refractivity contribution in [3.8, 4) is 22.3 Å². The molecule has 3 atom stereocenters. The lowest BCUT2D eigenvalue weighted by molar-refractivity contribution is 0.478. The van der Waals surface area contributed by atoms with Crippen LogP contribution in [0.15, 0.2) is 266 Å². The number of anilines is 2. The van der Waals surface area contributed by atoms with Crippen molar-refractivity contribution >= 4 is 22.5 Å². The monoisotopic (exact) mass is 897 g/mol. The molecule has 1 heteroatoms. The number of nitrogens with zero attached hydrogens (tertiary/aromatic N) is 1. The van der Waals surface area contributed by atoms with Gasteiger partial charge in [-0.15, -0.1) is 0 Å². The molecule has 0 N–H and O–H groups in total. The average molecular weight is 898 g/mol. The van der Waals surface area contributed by atoms with E-state index in [1.807, 2.05) is 0 Å². The number of fused-ring (bicyclic) bond motifs is 6. The van der Waals surface area contributed by atoms with Gasteiger partial charge in [0.15, 0.2) is 0 Å². The molecule has 0 bridgehead atoms. The molecule has 0 aromatic heterocycles. The standard InChI is InChI=1S/C69H55N/c1-48-40-42-50(43-41-48)57-34-20-33-56(49-22-6-2-7-23-49)67(57)70(55-46-44-54(45-47-55)68(51-24-8-3-9-25-51)61-35-17-14-30-58(61)59-31-15-18-36-62(59)68)65-39-21-38-64-66(65)60-32-16-19-37-63(60)69(64,52-26-10-4-11-27-52)53-28-12-5-13-29-53/h2-4,6-12,14-37,39-40,42-48,64H,5,13,38,41H2,1H3. The van der Waals surface area contributed by atoms with E-state index in [0.29, 0.717) is 5.92 Å². The van der Waals surface area contributed by atoms with Crippen molar-refractivity contribution in [3.63, 3.8) is 0 Å². The maximum absolute atomic E-state index is 2.65. The van der Waals surface area contributed by atoms with Crippen molar-refractivity contribution in [2.24, 2.45) is 11.8 Å². The minimum absolute atomic E-state index is 0.151. The van der Waals surface area contributed by atoms with E-state index in [0.717, 1.165) is 31.4 Å². The zero-order chi connectivity index (χ0) is 46.7. The van der Waals surface area contributed by atoms with Gasteiger partial charge < -0.3 is 4.90 Å². The van der Waals surface area contributed by atoms with Crippen molar-refractivity contribution in [1.29, 1.82) is 0 Å². The molecule has 0 amide bonds. The Morgan fingerprint density at radius 1 is 0.443 bits per heavy atom. The summed E-state index contributed by atoms with van der Waals surface area (Å²) >= 11 is 0. The highest BCUT2D eigenvalue weighted by Crippen LogP contribution is 2.63.